The molecule has 0 saturated heterocycles. The normalized spacial score (nSPS) is 10.3. The number of halogens is 1. The number of carbonyl (C=O) groups excluding carboxylic acids is 1. The van der Waals surface area contributed by atoms with E-state index in [1.54, 1.807) is 7.05 Å². The van der Waals surface area contributed by atoms with E-state index in [9.17, 15) is 9.18 Å². The van der Waals surface area contributed by atoms with Gasteiger partial charge in [0.2, 0.25) is 0 Å². The maximum atomic E-state index is 13.0. The molecule has 0 spiro atoms. The van der Waals surface area contributed by atoms with E-state index in [-0.39, 0.29) is 17.1 Å². The van der Waals surface area contributed by atoms with Gasteiger partial charge in [-0.05, 0) is 12.1 Å². The fraction of sp³-hybridized carbons (Fsp3) is 0.167. The number of nitrogens with two attached hydrogens (primary N) is 1. The summed E-state index contributed by atoms with van der Waals surface area (Å²) in [5.74, 6) is -0.661. The van der Waals surface area contributed by atoms with Crippen LogP contribution in [-0.4, -0.2) is 22.8 Å². The molecule has 0 aliphatic rings. The molecular formula is C12H13FN4O2. The van der Waals surface area contributed by atoms with Gasteiger partial charge in [-0.25, -0.2) is 4.39 Å². The zero-order valence-electron chi connectivity index (χ0n) is 10.5. The molecule has 0 radical (unpaired) electrons. The molecule has 6 nitrogen and oxygen atoms in total. The summed E-state index contributed by atoms with van der Waals surface area (Å²) >= 11 is 0. The van der Waals surface area contributed by atoms with Crippen LogP contribution in [0.2, 0.25) is 0 Å². The second-order valence-corrected chi connectivity index (χ2v) is 3.87. The van der Waals surface area contributed by atoms with Gasteiger partial charge in [0.25, 0.3) is 5.91 Å². The average molecular weight is 264 g/mol. The van der Waals surface area contributed by atoms with Crippen molar-refractivity contribution in [2.24, 2.45) is 7.05 Å². The van der Waals surface area contributed by atoms with Crippen LogP contribution in [0.4, 0.5) is 15.8 Å². The fourth-order valence-corrected chi connectivity index (χ4v) is 1.68. The van der Waals surface area contributed by atoms with Crippen LogP contribution in [0.3, 0.4) is 0 Å². The van der Waals surface area contributed by atoms with Crippen molar-refractivity contribution in [3.05, 3.63) is 35.9 Å². The number of aromatic nitrogens is 2. The molecular weight excluding hydrogens is 251 g/mol. The molecule has 100 valence electrons. The maximum Gasteiger partial charge on any atom is 0.276 e. The van der Waals surface area contributed by atoms with Crippen molar-refractivity contribution in [3.63, 3.8) is 0 Å². The third kappa shape index (κ3) is 2.49. The van der Waals surface area contributed by atoms with E-state index in [2.05, 4.69) is 10.4 Å². The number of nitrogens with zero attached hydrogens (tertiary/aromatic N) is 2. The molecule has 1 aromatic heterocycles. The van der Waals surface area contributed by atoms with Crippen molar-refractivity contribution >= 4 is 17.3 Å². The Morgan fingerprint density at radius 1 is 1.53 bits per heavy atom. The number of aryl methyl sites for hydroxylation is 1. The fourth-order valence-electron chi connectivity index (χ4n) is 1.68. The standard InChI is InChI=1S/C12H13FN4O2/c1-17-11(8(14)6-15-17)12(18)16-9-4-3-7(13)5-10(9)19-2/h3-6H,14H2,1-2H3,(H,16,18). The average Bonchev–Trinajstić information content (AvgIpc) is 2.71. The first-order chi connectivity index (χ1) is 9.02. The van der Waals surface area contributed by atoms with Crippen LogP contribution in [0.1, 0.15) is 10.5 Å². The predicted molar refractivity (Wildman–Crippen MR) is 68.5 cm³/mol. The lowest BCUT2D eigenvalue weighted by Gasteiger charge is -2.10. The molecule has 3 N–H and O–H groups in total. The van der Waals surface area contributed by atoms with Crippen molar-refractivity contribution < 1.29 is 13.9 Å². The van der Waals surface area contributed by atoms with Crippen LogP contribution in [0.25, 0.3) is 0 Å². The van der Waals surface area contributed by atoms with E-state index >= 15 is 0 Å². The van der Waals surface area contributed by atoms with Gasteiger partial charge in [-0.1, -0.05) is 0 Å². The summed E-state index contributed by atoms with van der Waals surface area (Å²) in [4.78, 5) is 12.1. The van der Waals surface area contributed by atoms with Gasteiger partial charge in [0, 0.05) is 13.1 Å². The number of amides is 1. The highest BCUT2D eigenvalue weighted by atomic mass is 19.1. The number of hydrogen-bond acceptors (Lipinski definition) is 4. The number of benzene rings is 1. The summed E-state index contributed by atoms with van der Waals surface area (Å²) in [5.41, 5.74) is 6.50. The van der Waals surface area contributed by atoms with Crippen LogP contribution < -0.4 is 15.8 Å². The van der Waals surface area contributed by atoms with Crippen LogP contribution in [0, 0.1) is 5.82 Å². The Hall–Kier alpha value is -2.57. The van der Waals surface area contributed by atoms with Gasteiger partial charge < -0.3 is 15.8 Å². The number of rotatable bonds is 3. The summed E-state index contributed by atoms with van der Waals surface area (Å²) in [5, 5.41) is 6.48. The molecule has 1 amide bonds. The number of carbonyl (C=O) groups is 1. The Labute approximate surface area is 109 Å². The van der Waals surface area contributed by atoms with Gasteiger partial charge in [0.1, 0.15) is 17.3 Å². The molecule has 0 bridgehead atoms. The minimum atomic E-state index is -0.449. The maximum absolute atomic E-state index is 13.0. The van der Waals surface area contributed by atoms with Gasteiger partial charge in [0.15, 0.2) is 0 Å². The van der Waals surface area contributed by atoms with Crippen LogP contribution in [0.15, 0.2) is 24.4 Å². The van der Waals surface area contributed by atoms with E-state index in [1.165, 1.54) is 36.2 Å². The van der Waals surface area contributed by atoms with Crippen LogP contribution >= 0.6 is 0 Å². The zero-order valence-corrected chi connectivity index (χ0v) is 10.5. The summed E-state index contributed by atoms with van der Waals surface area (Å²) in [7, 11) is 3.00. The molecule has 1 aromatic carbocycles. The molecule has 2 aromatic rings. The minimum absolute atomic E-state index is 0.228. The number of anilines is 2. The molecule has 1 heterocycles. The van der Waals surface area contributed by atoms with Crippen LogP contribution in [0.5, 0.6) is 5.75 Å². The lowest BCUT2D eigenvalue weighted by atomic mass is 10.2. The van der Waals surface area contributed by atoms with Gasteiger partial charge in [0.05, 0.1) is 24.7 Å². The molecule has 19 heavy (non-hydrogen) atoms. The van der Waals surface area contributed by atoms with Crippen molar-refractivity contribution in [1.82, 2.24) is 9.78 Å². The van der Waals surface area contributed by atoms with Gasteiger partial charge >= 0.3 is 0 Å². The van der Waals surface area contributed by atoms with Crippen molar-refractivity contribution in [3.8, 4) is 5.75 Å². The molecule has 0 fully saturated rings. The Morgan fingerprint density at radius 3 is 2.84 bits per heavy atom. The first kappa shape index (κ1) is 12.9. The monoisotopic (exact) mass is 264 g/mol. The Morgan fingerprint density at radius 2 is 2.26 bits per heavy atom. The van der Waals surface area contributed by atoms with E-state index in [0.717, 1.165) is 0 Å². The zero-order chi connectivity index (χ0) is 14.0. The van der Waals surface area contributed by atoms with Crippen molar-refractivity contribution in [2.45, 2.75) is 0 Å². The lowest BCUT2D eigenvalue weighted by molar-refractivity contribution is 0.101. The number of ether oxygens (including phenoxy) is 1. The third-order valence-corrected chi connectivity index (χ3v) is 2.59. The number of methoxy groups -OCH3 is 1. The largest absolute Gasteiger partial charge is 0.494 e. The minimum Gasteiger partial charge on any atom is -0.494 e. The second kappa shape index (κ2) is 4.97. The van der Waals surface area contributed by atoms with Crippen molar-refractivity contribution in [1.29, 1.82) is 0 Å². The summed E-state index contributed by atoms with van der Waals surface area (Å²) in [6.07, 6.45) is 1.39. The lowest BCUT2D eigenvalue weighted by Crippen LogP contribution is -2.18. The quantitative estimate of drug-likeness (QED) is 0.878. The van der Waals surface area contributed by atoms with Gasteiger partial charge in [-0.2, -0.15) is 5.10 Å². The first-order valence-electron chi connectivity index (χ1n) is 5.45. The van der Waals surface area contributed by atoms with Gasteiger partial charge in [-0.3, -0.25) is 9.48 Å². The summed E-state index contributed by atoms with van der Waals surface area (Å²) < 4.78 is 19.4. The Kier molecular flexibility index (Phi) is 3.37. The first-order valence-corrected chi connectivity index (χ1v) is 5.45. The van der Waals surface area contributed by atoms with E-state index in [0.29, 0.717) is 5.69 Å². The topological polar surface area (TPSA) is 82.2 Å². The molecule has 0 aliphatic heterocycles. The molecule has 0 aliphatic carbocycles. The Balaban J connectivity index is 2.29. The summed E-state index contributed by atoms with van der Waals surface area (Å²) in [6, 6.07) is 3.82. The Bertz CT molecular complexity index is 605. The molecule has 7 heteroatoms. The van der Waals surface area contributed by atoms with Crippen LogP contribution in [-0.2, 0) is 7.05 Å². The SMILES string of the molecule is COc1cc(F)ccc1NC(=O)c1c(N)cnn1C. The molecule has 0 unspecified atom stereocenters. The molecule has 0 saturated carbocycles. The molecule has 2 rings (SSSR count). The smallest absolute Gasteiger partial charge is 0.276 e. The predicted octanol–water partition coefficient (Wildman–Crippen LogP) is 1.40. The highest BCUT2D eigenvalue weighted by Crippen LogP contribution is 2.25. The van der Waals surface area contributed by atoms with E-state index in [4.69, 9.17) is 10.5 Å². The van der Waals surface area contributed by atoms with E-state index < -0.39 is 11.7 Å². The number of hydrogen-bond donors (Lipinski definition) is 2. The highest BCUT2D eigenvalue weighted by molar-refractivity contribution is 6.07. The van der Waals surface area contributed by atoms with Crippen molar-refractivity contribution in [2.75, 3.05) is 18.2 Å². The second-order valence-electron chi connectivity index (χ2n) is 3.87. The number of nitrogen functional groups attached to an aromatic ring is 1. The number of nitrogens with one attached hydrogen (secondary N) is 1. The van der Waals surface area contributed by atoms with E-state index in [1.807, 2.05) is 0 Å². The molecule has 0 atom stereocenters. The summed E-state index contributed by atoms with van der Waals surface area (Å²) in [6.45, 7) is 0. The van der Waals surface area contributed by atoms with Gasteiger partial charge in [-0.15, -0.1) is 0 Å². The third-order valence-electron chi connectivity index (χ3n) is 2.59. The highest BCUT2D eigenvalue weighted by Gasteiger charge is 2.16.